The summed E-state index contributed by atoms with van der Waals surface area (Å²) in [4.78, 5) is 2.21. The molecule has 3 nitrogen and oxygen atoms in total. The molecule has 28 heavy (non-hydrogen) atoms. The Balaban J connectivity index is 1.90. The lowest BCUT2D eigenvalue weighted by Crippen LogP contribution is -2.31. The zero-order valence-corrected chi connectivity index (χ0v) is 15.6. The zero-order valence-electron chi connectivity index (χ0n) is 15.6. The Kier molecular flexibility index (Phi) is 5.25. The van der Waals surface area contributed by atoms with Gasteiger partial charge in [-0.2, -0.15) is 5.10 Å². The van der Waals surface area contributed by atoms with Crippen molar-refractivity contribution in [1.29, 1.82) is 0 Å². The molecule has 0 N–H and O–H groups in total. The average molecular weight is 363 g/mol. The lowest BCUT2D eigenvalue weighted by atomic mass is 10.1. The van der Waals surface area contributed by atoms with E-state index < -0.39 is 0 Å². The highest BCUT2D eigenvalue weighted by Gasteiger charge is 2.18. The van der Waals surface area contributed by atoms with E-state index in [0.717, 1.165) is 17.1 Å². The van der Waals surface area contributed by atoms with E-state index in [1.54, 1.807) is 0 Å². The van der Waals surface area contributed by atoms with Gasteiger partial charge in [0.15, 0.2) is 5.84 Å². The number of amidine groups is 1. The molecule has 0 amide bonds. The molecule has 0 saturated carbocycles. The third-order valence-corrected chi connectivity index (χ3v) is 4.69. The Morgan fingerprint density at radius 1 is 0.714 bits per heavy atom. The van der Waals surface area contributed by atoms with Crippen LogP contribution in [0.3, 0.4) is 0 Å². The van der Waals surface area contributed by atoms with Crippen molar-refractivity contribution < 1.29 is 0 Å². The largest absolute Gasteiger partial charge is 0.319 e. The van der Waals surface area contributed by atoms with E-state index in [1.807, 2.05) is 36.4 Å². The molecule has 0 saturated heterocycles. The van der Waals surface area contributed by atoms with Gasteiger partial charge in [-0.15, -0.1) is 5.10 Å². The minimum atomic E-state index is 0.679. The summed E-state index contributed by atoms with van der Waals surface area (Å²) in [6.07, 6.45) is 0. The molecule has 4 aromatic carbocycles. The molecule has 0 heterocycles. The average Bonchev–Trinajstić information content (AvgIpc) is 2.77. The molecule has 0 bridgehead atoms. The van der Waals surface area contributed by atoms with E-state index in [9.17, 15) is 0 Å². The van der Waals surface area contributed by atoms with E-state index in [-0.39, 0.29) is 0 Å². The first-order valence-corrected chi connectivity index (χ1v) is 9.25. The molecule has 0 aromatic heterocycles. The normalized spacial score (nSPS) is 11.4. The summed E-state index contributed by atoms with van der Waals surface area (Å²) in [5.74, 6) is 0.774. The van der Waals surface area contributed by atoms with Crippen LogP contribution in [0.1, 0.15) is 11.1 Å². The second-order valence-corrected chi connectivity index (χ2v) is 6.50. The van der Waals surface area contributed by atoms with Gasteiger partial charge in [0.1, 0.15) is 0 Å². The molecule has 4 rings (SSSR count). The second-order valence-electron chi connectivity index (χ2n) is 6.50. The van der Waals surface area contributed by atoms with Gasteiger partial charge in [-0.1, -0.05) is 97.1 Å². The summed E-state index contributed by atoms with van der Waals surface area (Å²) in [6, 6.07) is 35.3. The fourth-order valence-electron chi connectivity index (χ4n) is 3.41. The maximum atomic E-state index is 4.43. The highest BCUT2D eigenvalue weighted by Crippen LogP contribution is 2.29. The number of hydrogen-bond donors (Lipinski definition) is 0. The van der Waals surface area contributed by atoms with E-state index in [4.69, 9.17) is 0 Å². The molecule has 0 radical (unpaired) electrons. The Hall–Kier alpha value is -3.72. The van der Waals surface area contributed by atoms with Crippen LogP contribution in [-0.2, 0) is 6.54 Å². The smallest absolute Gasteiger partial charge is 0.163 e. The van der Waals surface area contributed by atoms with E-state index in [2.05, 4.69) is 88.6 Å². The number of benzene rings is 4. The number of fused-ring (bicyclic) bond motifs is 1. The first-order chi connectivity index (χ1) is 13.9. The van der Waals surface area contributed by atoms with Gasteiger partial charge in [-0.3, -0.25) is 0 Å². The van der Waals surface area contributed by atoms with Gasteiger partial charge in [-0.05, 0) is 17.0 Å². The summed E-state index contributed by atoms with van der Waals surface area (Å²) in [7, 11) is 0. The van der Waals surface area contributed by atoms with Crippen LogP contribution < -0.4 is 4.90 Å². The molecule has 0 aliphatic rings. The van der Waals surface area contributed by atoms with Gasteiger partial charge < -0.3 is 4.90 Å². The standard InChI is InChI=1S/C25H21N3/c1-26-27-25(22-14-6-3-7-15-22)28(19-20-11-4-2-5-12-20)24-18-10-16-21-13-8-9-17-23(21)24/h2-18H,1,19H2/b27-25-. The zero-order chi connectivity index (χ0) is 19.2. The quantitative estimate of drug-likeness (QED) is 0.246. The van der Waals surface area contributed by atoms with Crippen LogP contribution >= 0.6 is 0 Å². The van der Waals surface area contributed by atoms with Gasteiger partial charge in [0.25, 0.3) is 0 Å². The van der Waals surface area contributed by atoms with Crippen molar-refractivity contribution in [2.75, 3.05) is 4.90 Å². The van der Waals surface area contributed by atoms with Gasteiger partial charge in [0.05, 0.1) is 5.69 Å². The first kappa shape index (κ1) is 17.7. The van der Waals surface area contributed by atoms with Crippen LogP contribution in [0.25, 0.3) is 10.8 Å². The summed E-state index contributed by atoms with van der Waals surface area (Å²) in [5.41, 5.74) is 3.29. The topological polar surface area (TPSA) is 28.0 Å². The van der Waals surface area contributed by atoms with Gasteiger partial charge in [0, 0.05) is 24.2 Å². The van der Waals surface area contributed by atoms with Gasteiger partial charge >= 0.3 is 0 Å². The second kappa shape index (κ2) is 8.31. The lowest BCUT2D eigenvalue weighted by Gasteiger charge is -2.27. The fourth-order valence-corrected chi connectivity index (χ4v) is 3.41. The third-order valence-electron chi connectivity index (χ3n) is 4.69. The molecule has 0 fully saturated rings. The summed E-state index contributed by atoms with van der Waals surface area (Å²) >= 11 is 0. The third kappa shape index (κ3) is 3.69. The highest BCUT2D eigenvalue weighted by molar-refractivity contribution is 6.13. The maximum Gasteiger partial charge on any atom is 0.163 e. The van der Waals surface area contributed by atoms with Crippen molar-refractivity contribution in [1.82, 2.24) is 0 Å². The Bertz CT molecular complexity index is 1100. The van der Waals surface area contributed by atoms with Crippen LogP contribution in [0.5, 0.6) is 0 Å². The highest BCUT2D eigenvalue weighted by atomic mass is 15.3. The number of nitrogens with zero attached hydrogens (tertiary/aromatic N) is 3. The van der Waals surface area contributed by atoms with Crippen molar-refractivity contribution >= 4 is 29.0 Å². The van der Waals surface area contributed by atoms with Crippen molar-refractivity contribution in [3.63, 3.8) is 0 Å². The van der Waals surface area contributed by atoms with Crippen molar-refractivity contribution in [2.24, 2.45) is 10.2 Å². The van der Waals surface area contributed by atoms with Crippen LogP contribution in [0.4, 0.5) is 5.69 Å². The van der Waals surface area contributed by atoms with Crippen LogP contribution in [-0.4, -0.2) is 12.6 Å². The molecule has 0 unspecified atom stereocenters. The molecule has 0 aliphatic carbocycles. The Labute approximate surface area is 165 Å². The SMILES string of the molecule is C=N/N=C(/c1ccccc1)N(Cc1ccccc1)c1cccc2ccccc12. The molecule has 4 aromatic rings. The van der Waals surface area contributed by atoms with Crippen LogP contribution in [0, 0.1) is 0 Å². The van der Waals surface area contributed by atoms with Gasteiger partial charge in [0.2, 0.25) is 0 Å². The van der Waals surface area contributed by atoms with Crippen molar-refractivity contribution in [3.8, 4) is 0 Å². The van der Waals surface area contributed by atoms with Crippen molar-refractivity contribution in [3.05, 3.63) is 114 Å². The van der Waals surface area contributed by atoms with E-state index in [1.165, 1.54) is 16.3 Å². The van der Waals surface area contributed by atoms with Crippen LogP contribution in [0.2, 0.25) is 0 Å². The molecular formula is C25H21N3. The minimum Gasteiger partial charge on any atom is -0.319 e. The monoisotopic (exact) mass is 363 g/mol. The Morgan fingerprint density at radius 2 is 1.36 bits per heavy atom. The molecule has 136 valence electrons. The predicted octanol–water partition coefficient (Wildman–Crippen LogP) is 5.91. The van der Waals surface area contributed by atoms with Gasteiger partial charge in [-0.25, -0.2) is 0 Å². The predicted molar refractivity (Wildman–Crippen MR) is 119 cm³/mol. The molecule has 0 aliphatic heterocycles. The number of anilines is 1. The van der Waals surface area contributed by atoms with Crippen molar-refractivity contribution in [2.45, 2.75) is 6.54 Å². The Morgan fingerprint density at radius 3 is 2.11 bits per heavy atom. The maximum absolute atomic E-state index is 4.43. The summed E-state index contributed by atoms with van der Waals surface area (Å²) in [6.45, 7) is 4.29. The fraction of sp³-hybridized carbons (Fsp3) is 0.0400. The molecule has 0 spiro atoms. The van der Waals surface area contributed by atoms with E-state index >= 15 is 0 Å². The first-order valence-electron chi connectivity index (χ1n) is 9.25. The molecular weight excluding hydrogens is 342 g/mol. The summed E-state index contributed by atoms with van der Waals surface area (Å²) in [5, 5.41) is 10.7. The minimum absolute atomic E-state index is 0.679. The van der Waals surface area contributed by atoms with Crippen LogP contribution in [0.15, 0.2) is 113 Å². The number of hydrogen-bond acceptors (Lipinski definition) is 2. The summed E-state index contributed by atoms with van der Waals surface area (Å²) < 4.78 is 0. The van der Waals surface area contributed by atoms with E-state index in [0.29, 0.717) is 6.54 Å². The molecule has 0 atom stereocenters. The molecule has 3 heteroatoms. The number of rotatable bonds is 5. The lowest BCUT2D eigenvalue weighted by molar-refractivity contribution is 0.997.